The summed E-state index contributed by atoms with van der Waals surface area (Å²) in [6.07, 6.45) is 7.49. The number of H-pyrrole nitrogens is 1. The van der Waals surface area contributed by atoms with Gasteiger partial charge in [0.25, 0.3) is 0 Å². The predicted molar refractivity (Wildman–Crippen MR) is 94.4 cm³/mol. The molecule has 24 heavy (non-hydrogen) atoms. The van der Waals surface area contributed by atoms with E-state index in [1.807, 2.05) is 31.3 Å². The van der Waals surface area contributed by atoms with Crippen LogP contribution in [0.15, 0.2) is 36.5 Å². The zero-order valence-electron chi connectivity index (χ0n) is 14.4. The van der Waals surface area contributed by atoms with Crippen LogP contribution in [0.1, 0.15) is 49.2 Å². The highest BCUT2D eigenvalue weighted by Crippen LogP contribution is 2.47. The minimum Gasteiger partial charge on any atom is -0.385 e. The molecule has 4 heteroatoms. The van der Waals surface area contributed by atoms with Crippen LogP contribution in [0.25, 0.3) is 0 Å². The second-order valence-corrected chi connectivity index (χ2v) is 7.48. The zero-order valence-corrected chi connectivity index (χ0v) is 14.4. The van der Waals surface area contributed by atoms with Gasteiger partial charge in [0.2, 0.25) is 0 Å². The summed E-state index contributed by atoms with van der Waals surface area (Å²) in [5, 5.41) is 11.6. The minimum absolute atomic E-state index is 0.318. The van der Waals surface area contributed by atoms with E-state index in [-0.39, 0.29) is 0 Å². The Balaban J connectivity index is 1.60. The highest BCUT2D eigenvalue weighted by Gasteiger charge is 2.49. The molecule has 4 nitrogen and oxygen atoms in total. The lowest BCUT2D eigenvalue weighted by atomic mass is 9.66. The van der Waals surface area contributed by atoms with Crippen molar-refractivity contribution in [3.63, 3.8) is 0 Å². The van der Waals surface area contributed by atoms with E-state index in [4.69, 9.17) is 0 Å². The first-order chi connectivity index (χ1) is 11.7. The van der Waals surface area contributed by atoms with E-state index < -0.39 is 5.60 Å². The maximum Gasteiger partial charge on any atom is 0.120 e. The number of aromatic amines is 1. The number of hydrogen-bond acceptors (Lipinski definition) is 3. The molecule has 2 aromatic rings. The topological polar surface area (TPSA) is 52.1 Å². The molecule has 1 aromatic heterocycles. The molecule has 1 aromatic carbocycles. The number of hydrogen-bond donors (Lipinski definition) is 2. The Labute approximate surface area is 143 Å². The minimum atomic E-state index is -0.679. The van der Waals surface area contributed by atoms with Crippen molar-refractivity contribution in [2.75, 3.05) is 6.54 Å². The van der Waals surface area contributed by atoms with Gasteiger partial charge in [-0.25, -0.2) is 4.98 Å². The Morgan fingerprint density at radius 2 is 2.04 bits per heavy atom. The van der Waals surface area contributed by atoms with Gasteiger partial charge in [0.1, 0.15) is 5.82 Å². The van der Waals surface area contributed by atoms with Crippen molar-refractivity contribution < 1.29 is 5.11 Å². The Bertz CT molecular complexity index is 683. The fourth-order valence-electron chi connectivity index (χ4n) is 4.79. The van der Waals surface area contributed by atoms with Gasteiger partial charge in [-0.3, -0.25) is 4.90 Å². The first-order valence-corrected chi connectivity index (χ1v) is 9.19. The number of fused-ring (bicyclic) bond motifs is 1. The van der Waals surface area contributed by atoms with Crippen molar-refractivity contribution in [1.29, 1.82) is 0 Å². The molecule has 1 saturated carbocycles. The summed E-state index contributed by atoms with van der Waals surface area (Å²) < 4.78 is 0. The van der Waals surface area contributed by atoms with Crippen LogP contribution in [0, 0.1) is 12.8 Å². The van der Waals surface area contributed by atoms with E-state index in [2.05, 4.69) is 27.0 Å². The normalized spacial score (nSPS) is 30.9. The van der Waals surface area contributed by atoms with Gasteiger partial charge in [0.15, 0.2) is 0 Å². The largest absolute Gasteiger partial charge is 0.385 e. The molecule has 1 aliphatic heterocycles. The molecule has 2 aliphatic rings. The predicted octanol–water partition coefficient (Wildman–Crippen LogP) is 3.37. The molecule has 1 aliphatic carbocycles. The van der Waals surface area contributed by atoms with Crippen molar-refractivity contribution in [2.24, 2.45) is 5.92 Å². The van der Waals surface area contributed by atoms with E-state index in [9.17, 15) is 5.11 Å². The molecule has 0 amide bonds. The van der Waals surface area contributed by atoms with Crippen molar-refractivity contribution in [3.8, 4) is 0 Å². The second-order valence-electron chi connectivity index (χ2n) is 7.48. The zero-order chi connectivity index (χ0) is 16.6. The molecule has 0 bridgehead atoms. The van der Waals surface area contributed by atoms with Gasteiger partial charge in [-0.1, -0.05) is 43.2 Å². The molecule has 0 radical (unpaired) electrons. The molecule has 0 unspecified atom stereocenters. The maximum absolute atomic E-state index is 11.6. The molecule has 1 saturated heterocycles. The fraction of sp³-hybridized carbons (Fsp3) is 0.550. The van der Waals surface area contributed by atoms with Crippen LogP contribution < -0.4 is 0 Å². The van der Waals surface area contributed by atoms with Crippen LogP contribution >= 0.6 is 0 Å². The molecule has 2 fully saturated rings. The van der Waals surface area contributed by atoms with Gasteiger partial charge in [-0.05, 0) is 31.7 Å². The third kappa shape index (κ3) is 2.78. The number of benzene rings is 1. The number of nitrogens with one attached hydrogen (secondary N) is 1. The maximum atomic E-state index is 11.6. The Kier molecular flexibility index (Phi) is 4.19. The van der Waals surface area contributed by atoms with E-state index in [1.165, 1.54) is 19.3 Å². The van der Waals surface area contributed by atoms with Crippen LogP contribution in [-0.4, -0.2) is 32.6 Å². The van der Waals surface area contributed by atoms with E-state index in [1.54, 1.807) is 0 Å². The third-order valence-electron chi connectivity index (χ3n) is 5.97. The molecule has 2 heterocycles. The summed E-state index contributed by atoms with van der Waals surface area (Å²) >= 11 is 0. The average molecular weight is 325 g/mol. The number of likely N-dealkylation sites (tertiary alicyclic amines) is 1. The molecule has 3 atom stereocenters. The average Bonchev–Trinajstić information content (AvgIpc) is 3.03. The highest BCUT2D eigenvalue weighted by atomic mass is 16.3. The third-order valence-corrected chi connectivity index (χ3v) is 5.97. The van der Waals surface area contributed by atoms with Crippen molar-refractivity contribution in [1.82, 2.24) is 14.9 Å². The van der Waals surface area contributed by atoms with Gasteiger partial charge in [-0.2, -0.15) is 0 Å². The number of piperidine rings is 1. The lowest BCUT2D eigenvalue weighted by molar-refractivity contribution is -0.123. The van der Waals surface area contributed by atoms with Crippen LogP contribution in [0.3, 0.4) is 0 Å². The molecular weight excluding hydrogens is 298 g/mol. The van der Waals surface area contributed by atoms with E-state index in [0.717, 1.165) is 43.0 Å². The van der Waals surface area contributed by atoms with Gasteiger partial charge < -0.3 is 10.1 Å². The fourth-order valence-corrected chi connectivity index (χ4v) is 4.79. The number of nitrogens with zero attached hydrogens (tertiary/aromatic N) is 2. The molecular formula is C20H27N3O. The van der Waals surface area contributed by atoms with Crippen LogP contribution in [0.2, 0.25) is 0 Å². The Hall–Kier alpha value is -1.65. The monoisotopic (exact) mass is 325 g/mol. The number of rotatable bonds is 3. The quantitative estimate of drug-likeness (QED) is 0.910. The highest BCUT2D eigenvalue weighted by molar-refractivity contribution is 5.25. The van der Waals surface area contributed by atoms with E-state index in [0.29, 0.717) is 12.0 Å². The van der Waals surface area contributed by atoms with Crippen LogP contribution in [-0.2, 0) is 12.1 Å². The van der Waals surface area contributed by atoms with Crippen molar-refractivity contribution in [3.05, 3.63) is 53.6 Å². The Morgan fingerprint density at radius 3 is 2.79 bits per heavy atom. The molecule has 0 spiro atoms. The summed E-state index contributed by atoms with van der Waals surface area (Å²) in [7, 11) is 0. The first-order valence-electron chi connectivity index (χ1n) is 9.19. The van der Waals surface area contributed by atoms with Crippen molar-refractivity contribution in [2.45, 2.75) is 57.2 Å². The molecule has 4 rings (SSSR count). The van der Waals surface area contributed by atoms with Crippen molar-refractivity contribution >= 4 is 0 Å². The van der Waals surface area contributed by atoms with Gasteiger partial charge in [0.05, 0.1) is 12.1 Å². The number of imidazole rings is 1. The standard InChI is InChI=1S/C20H27N3O/c1-15-13-21-19(22-15)14-23-12-11-20(24,16-7-3-2-4-8-16)17-9-5-6-10-18(17)23/h2-4,7-8,13,17-18,24H,5-6,9-12,14H2,1H3,(H,21,22)/t17-,18+,20+/m1/s1. The summed E-state index contributed by atoms with van der Waals surface area (Å²) in [5.41, 5.74) is 1.53. The SMILES string of the molecule is Cc1cnc(CN2CC[C@](O)(c3ccccc3)[C@@H]3CCCC[C@@H]32)[nH]1. The van der Waals surface area contributed by atoms with E-state index >= 15 is 0 Å². The van der Waals surface area contributed by atoms with Crippen LogP contribution in [0.4, 0.5) is 0 Å². The molecule has 2 N–H and O–H groups in total. The Morgan fingerprint density at radius 1 is 1.25 bits per heavy atom. The number of aryl methyl sites for hydroxylation is 1. The first kappa shape index (κ1) is 15.9. The lowest BCUT2D eigenvalue weighted by Gasteiger charge is -2.52. The number of aromatic nitrogens is 2. The second kappa shape index (κ2) is 6.34. The smallest absolute Gasteiger partial charge is 0.120 e. The van der Waals surface area contributed by atoms with Gasteiger partial charge in [0, 0.05) is 30.4 Å². The molecule has 128 valence electrons. The summed E-state index contributed by atoms with van der Waals surface area (Å²) in [4.78, 5) is 10.4. The van der Waals surface area contributed by atoms with Gasteiger partial charge in [-0.15, -0.1) is 0 Å². The van der Waals surface area contributed by atoms with Gasteiger partial charge >= 0.3 is 0 Å². The van der Waals surface area contributed by atoms with Crippen LogP contribution in [0.5, 0.6) is 0 Å². The summed E-state index contributed by atoms with van der Waals surface area (Å²) in [6, 6.07) is 10.8. The number of aliphatic hydroxyl groups is 1. The summed E-state index contributed by atoms with van der Waals surface area (Å²) in [6.45, 7) is 3.83. The lowest BCUT2D eigenvalue weighted by Crippen LogP contribution is -2.57. The summed E-state index contributed by atoms with van der Waals surface area (Å²) in [5.74, 6) is 1.36.